The van der Waals surface area contributed by atoms with Crippen molar-refractivity contribution in [2.75, 3.05) is 24.1 Å². The maximum atomic E-state index is 13.3. The second kappa shape index (κ2) is 7.16. The second-order valence-corrected chi connectivity index (χ2v) is 6.21. The van der Waals surface area contributed by atoms with Crippen LogP contribution >= 0.6 is 0 Å². The van der Waals surface area contributed by atoms with Crippen molar-refractivity contribution in [2.24, 2.45) is 0 Å². The Kier molecular flexibility index (Phi) is 4.55. The first-order valence-electron chi connectivity index (χ1n) is 8.54. The number of rotatable bonds is 4. The minimum Gasteiger partial charge on any atom is -0.487 e. The molecule has 4 rings (SSSR count). The van der Waals surface area contributed by atoms with Gasteiger partial charge in [-0.2, -0.15) is 0 Å². The lowest BCUT2D eigenvalue weighted by Crippen LogP contribution is -2.37. The molecule has 1 amide bonds. The smallest absolute Gasteiger partial charge is 0.263 e. The van der Waals surface area contributed by atoms with E-state index in [1.807, 2.05) is 0 Å². The van der Waals surface area contributed by atoms with Crippen LogP contribution in [0.4, 0.5) is 15.9 Å². The number of carbonyl (C=O) groups is 1. The van der Waals surface area contributed by atoms with Crippen LogP contribution in [0.15, 0.2) is 30.9 Å². The summed E-state index contributed by atoms with van der Waals surface area (Å²) in [5, 5.41) is 9.94. The van der Waals surface area contributed by atoms with E-state index in [0.29, 0.717) is 11.4 Å². The zero-order valence-corrected chi connectivity index (χ0v) is 14.4. The lowest BCUT2D eigenvalue weighted by Gasteiger charge is -2.24. The van der Waals surface area contributed by atoms with E-state index in [4.69, 9.17) is 10.5 Å². The molecule has 0 aromatic carbocycles. The highest BCUT2D eigenvalue weighted by molar-refractivity contribution is 6.11. The molecule has 1 atom stereocenters. The minimum atomic E-state index is -0.582. The highest BCUT2D eigenvalue weighted by Gasteiger charge is 2.22. The van der Waals surface area contributed by atoms with Crippen LogP contribution in [0.25, 0.3) is 5.65 Å². The lowest BCUT2D eigenvalue weighted by atomic mass is 10.1. The zero-order chi connectivity index (χ0) is 18.8. The van der Waals surface area contributed by atoms with Crippen LogP contribution in [0.3, 0.4) is 0 Å². The maximum Gasteiger partial charge on any atom is 0.263 e. The van der Waals surface area contributed by atoms with Crippen LogP contribution in [0.5, 0.6) is 5.75 Å². The van der Waals surface area contributed by atoms with Gasteiger partial charge in [-0.25, -0.2) is 13.9 Å². The fourth-order valence-electron chi connectivity index (χ4n) is 3.01. The summed E-state index contributed by atoms with van der Waals surface area (Å²) in [6, 6.07) is 1.69. The Bertz CT molecular complexity index is 985. The van der Waals surface area contributed by atoms with Crippen molar-refractivity contribution < 1.29 is 13.9 Å². The summed E-state index contributed by atoms with van der Waals surface area (Å²) in [5.74, 6) is -0.642. The summed E-state index contributed by atoms with van der Waals surface area (Å²) in [7, 11) is 0. The number of amides is 1. The molecule has 1 fully saturated rings. The molecule has 140 valence electrons. The third-order valence-corrected chi connectivity index (χ3v) is 4.27. The molecular formula is C17H18FN7O2. The number of nitrogen functional groups attached to an aromatic ring is 1. The Morgan fingerprint density at radius 3 is 3.15 bits per heavy atom. The number of ether oxygens (including phenoxy) is 1. The molecule has 3 aromatic rings. The number of hydrogen-bond donors (Lipinski definition) is 3. The van der Waals surface area contributed by atoms with Gasteiger partial charge in [0.15, 0.2) is 17.3 Å². The fourth-order valence-corrected chi connectivity index (χ4v) is 3.01. The predicted octanol–water partition coefficient (Wildman–Crippen LogP) is 1.23. The SMILES string of the molecule is Nc1nn2cc(F)cnc2c1C(=O)Nc1cnccc1O[C@H]1CCCNC1. The highest BCUT2D eigenvalue weighted by Crippen LogP contribution is 2.27. The molecule has 0 radical (unpaired) electrons. The highest BCUT2D eigenvalue weighted by atomic mass is 19.1. The van der Waals surface area contributed by atoms with E-state index in [2.05, 4.69) is 25.7 Å². The largest absolute Gasteiger partial charge is 0.487 e. The standard InChI is InChI=1S/C17H18FN7O2/c18-10-6-22-16-14(15(19)24-25(16)9-10)17(26)23-12-8-21-5-3-13(12)27-11-2-1-4-20-7-11/h3,5-6,8-9,11,20H,1-2,4,7H2,(H2,19,24)(H,23,26)/t11-/m0/s1. The topological polar surface area (TPSA) is 119 Å². The summed E-state index contributed by atoms with van der Waals surface area (Å²) in [5.41, 5.74) is 6.47. The lowest BCUT2D eigenvalue weighted by molar-refractivity contribution is 0.102. The number of hydrogen-bond acceptors (Lipinski definition) is 7. The van der Waals surface area contributed by atoms with E-state index in [-0.39, 0.29) is 23.1 Å². The normalized spacial score (nSPS) is 17.0. The molecule has 4 heterocycles. The number of anilines is 2. The Morgan fingerprint density at radius 1 is 1.44 bits per heavy atom. The third kappa shape index (κ3) is 3.51. The van der Waals surface area contributed by atoms with Gasteiger partial charge in [0.05, 0.1) is 18.6 Å². The van der Waals surface area contributed by atoms with Gasteiger partial charge in [-0.05, 0) is 19.4 Å². The van der Waals surface area contributed by atoms with Crippen molar-refractivity contribution in [3.63, 3.8) is 0 Å². The third-order valence-electron chi connectivity index (χ3n) is 4.27. The van der Waals surface area contributed by atoms with Gasteiger partial charge in [-0.3, -0.25) is 9.78 Å². The van der Waals surface area contributed by atoms with Crippen molar-refractivity contribution >= 4 is 23.1 Å². The Morgan fingerprint density at radius 2 is 2.33 bits per heavy atom. The Balaban J connectivity index is 1.59. The average molecular weight is 371 g/mol. The van der Waals surface area contributed by atoms with Gasteiger partial charge in [-0.1, -0.05) is 0 Å². The molecule has 1 saturated heterocycles. The van der Waals surface area contributed by atoms with Crippen LogP contribution in [0.1, 0.15) is 23.2 Å². The zero-order valence-electron chi connectivity index (χ0n) is 14.4. The van der Waals surface area contributed by atoms with Gasteiger partial charge in [0, 0.05) is 18.8 Å². The predicted molar refractivity (Wildman–Crippen MR) is 96.1 cm³/mol. The number of nitrogens with two attached hydrogens (primary N) is 1. The first kappa shape index (κ1) is 17.2. The molecule has 1 aliphatic heterocycles. The fraction of sp³-hybridized carbons (Fsp3) is 0.294. The number of pyridine rings is 1. The van der Waals surface area contributed by atoms with Gasteiger partial charge >= 0.3 is 0 Å². The summed E-state index contributed by atoms with van der Waals surface area (Å²) in [4.78, 5) is 20.7. The summed E-state index contributed by atoms with van der Waals surface area (Å²) < 4.78 is 20.4. The molecular weight excluding hydrogens is 353 g/mol. The summed E-state index contributed by atoms with van der Waals surface area (Å²) in [6.45, 7) is 1.72. The van der Waals surface area contributed by atoms with Crippen LogP contribution < -0.4 is 21.1 Å². The number of nitrogens with one attached hydrogen (secondary N) is 2. The maximum absolute atomic E-state index is 13.3. The first-order valence-corrected chi connectivity index (χ1v) is 8.54. The van der Waals surface area contributed by atoms with E-state index in [9.17, 15) is 9.18 Å². The van der Waals surface area contributed by atoms with Crippen LogP contribution in [0.2, 0.25) is 0 Å². The van der Waals surface area contributed by atoms with Gasteiger partial charge in [0.2, 0.25) is 0 Å². The molecule has 3 aromatic heterocycles. The molecule has 1 aliphatic rings. The molecule has 0 aliphatic carbocycles. The monoisotopic (exact) mass is 371 g/mol. The van der Waals surface area contributed by atoms with Crippen molar-refractivity contribution in [3.8, 4) is 5.75 Å². The van der Waals surface area contributed by atoms with Crippen molar-refractivity contribution in [1.82, 2.24) is 24.9 Å². The number of aromatic nitrogens is 4. The van der Waals surface area contributed by atoms with E-state index in [1.54, 1.807) is 12.3 Å². The van der Waals surface area contributed by atoms with Gasteiger partial charge < -0.3 is 21.1 Å². The number of halogens is 1. The van der Waals surface area contributed by atoms with Gasteiger partial charge in [-0.15, -0.1) is 5.10 Å². The molecule has 4 N–H and O–H groups in total. The van der Waals surface area contributed by atoms with Crippen molar-refractivity contribution in [1.29, 1.82) is 0 Å². The molecule has 0 unspecified atom stereocenters. The first-order chi connectivity index (χ1) is 13.1. The van der Waals surface area contributed by atoms with Crippen molar-refractivity contribution in [2.45, 2.75) is 18.9 Å². The van der Waals surface area contributed by atoms with E-state index in [1.165, 1.54) is 6.20 Å². The Labute approximate surface area is 153 Å². The summed E-state index contributed by atoms with van der Waals surface area (Å²) in [6.07, 6.45) is 7.17. The van der Waals surface area contributed by atoms with Crippen LogP contribution in [-0.2, 0) is 0 Å². The van der Waals surface area contributed by atoms with E-state index in [0.717, 1.165) is 42.8 Å². The number of fused-ring (bicyclic) bond motifs is 1. The second-order valence-electron chi connectivity index (χ2n) is 6.21. The number of piperidine rings is 1. The van der Waals surface area contributed by atoms with E-state index >= 15 is 0 Å². The molecule has 10 heteroatoms. The van der Waals surface area contributed by atoms with Crippen LogP contribution in [0, 0.1) is 5.82 Å². The Hall–Kier alpha value is -3.27. The average Bonchev–Trinajstić information content (AvgIpc) is 2.99. The number of carbonyl (C=O) groups excluding carboxylic acids is 1. The quantitative estimate of drug-likeness (QED) is 0.631. The number of nitrogens with zero attached hydrogens (tertiary/aromatic N) is 4. The van der Waals surface area contributed by atoms with E-state index < -0.39 is 11.7 Å². The van der Waals surface area contributed by atoms with Gasteiger partial charge in [0.25, 0.3) is 5.91 Å². The van der Waals surface area contributed by atoms with Crippen LogP contribution in [-0.4, -0.2) is 44.7 Å². The molecule has 0 bridgehead atoms. The minimum absolute atomic E-state index is 0.0171. The molecule has 0 saturated carbocycles. The summed E-state index contributed by atoms with van der Waals surface area (Å²) >= 11 is 0. The van der Waals surface area contributed by atoms with Crippen molar-refractivity contribution in [3.05, 3.63) is 42.2 Å². The molecule has 27 heavy (non-hydrogen) atoms. The van der Waals surface area contributed by atoms with Gasteiger partial charge in [0.1, 0.15) is 23.1 Å². The molecule has 0 spiro atoms. The molecule has 9 nitrogen and oxygen atoms in total.